The Morgan fingerprint density at radius 3 is 1.69 bits per heavy atom. The van der Waals surface area contributed by atoms with Gasteiger partial charge in [-0.25, -0.2) is 0 Å². The fourth-order valence-corrected chi connectivity index (χ4v) is 3.64. The van der Waals surface area contributed by atoms with Crippen LogP contribution in [-0.4, -0.2) is 34.6 Å². The highest BCUT2D eigenvalue weighted by Gasteiger charge is 2.35. The van der Waals surface area contributed by atoms with Crippen molar-refractivity contribution in [1.82, 2.24) is 0 Å². The molecule has 0 spiro atoms. The largest absolute Gasteiger partial charge is 0.393 e. The van der Waals surface area contributed by atoms with Gasteiger partial charge in [-0.05, 0) is 26.8 Å². The molecule has 0 rings (SSSR count). The normalized spacial score (nSPS) is 12.0. The zero-order valence-corrected chi connectivity index (χ0v) is 10.3. The SMILES string of the molecule is CCOC[Si](CC)(OCC)OCC. The molecular formula is C9H22O3Si. The van der Waals surface area contributed by atoms with Gasteiger partial charge in [0.15, 0.2) is 0 Å². The Labute approximate surface area is 82.6 Å². The Morgan fingerprint density at radius 2 is 1.38 bits per heavy atom. The molecule has 13 heavy (non-hydrogen) atoms. The Morgan fingerprint density at radius 1 is 0.846 bits per heavy atom. The number of ether oxygens (including phenoxy) is 1. The molecule has 3 nitrogen and oxygen atoms in total. The highest BCUT2D eigenvalue weighted by atomic mass is 28.4. The lowest BCUT2D eigenvalue weighted by atomic mass is 10.9. The minimum Gasteiger partial charge on any atom is -0.393 e. The Hall–Kier alpha value is 0.0969. The van der Waals surface area contributed by atoms with Crippen LogP contribution in [0.1, 0.15) is 27.7 Å². The van der Waals surface area contributed by atoms with Crippen molar-refractivity contribution in [2.45, 2.75) is 33.7 Å². The molecule has 80 valence electrons. The summed E-state index contributed by atoms with van der Waals surface area (Å²) in [5, 5.41) is 0. The van der Waals surface area contributed by atoms with Gasteiger partial charge < -0.3 is 13.6 Å². The van der Waals surface area contributed by atoms with E-state index >= 15 is 0 Å². The van der Waals surface area contributed by atoms with Gasteiger partial charge in [0, 0.05) is 19.8 Å². The molecule has 4 heteroatoms. The lowest BCUT2D eigenvalue weighted by molar-refractivity contribution is 0.112. The fraction of sp³-hybridized carbons (Fsp3) is 1.00. The summed E-state index contributed by atoms with van der Waals surface area (Å²) in [6, 6.07) is 0.953. The standard InChI is InChI=1S/C9H22O3Si/c1-5-10-9-13(8-4,11-6-2)12-7-3/h5-9H2,1-4H3. The maximum absolute atomic E-state index is 5.71. The molecule has 0 aliphatic heterocycles. The van der Waals surface area contributed by atoms with Crippen molar-refractivity contribution >= 4 is 8.56 Å². The van der Waals surface area contributed by atoms with Crippen molar-refractivity contribution in [3.8, 4) is 0 Å². The van der Waals surface area contributed by atoms with E-state index in [1.807, 2.05) is 20.8 Å². The molecule has 0 saturated heterocycles. The Bertz CT molecular complexity index is 113. The van der Waals surface area contributed by atoms with Crippen molar-refractivity contribution in [1.29, 1.82) is 0 Å². The van der Waals surface area contributed by atoms with Crippen molar-refractivity contribution < 1.29 is 13.6 Å². The zero-order valence-electron chi connectivity index (χ0n) is 9.26. The van der Waals surface area contributed by atoms with E-state index in [9.17, 15) is 0 Å². The van der Waals surface area contributed by atoms with E-state index in [1.165, 1.54) is 0 Å². The van der Waals surface area contributed by atoms with Crippen LogP contribution in [0.15, 0.2) is 0 Å². The topological polar surface area (TPSA) is 27.7 Å². The molecule has 0 saturated carbocycles. The lowest BCUT2D eigenvalue weighted by Crippen LogP contribution is -2.47. The third kappa shape index (κ3) is 4.76. The van der Waals surface area contributed by atoms with Crippen LogP contribution < -0.4 is 0 Å². The first-order valence-corrected chi connectivity index (χ1v) is 7.33. The van der Waals surface area contributed by atoms with Crippen LogP contribution in [0.4, 0.5) is 0 Å². The Kier molecular flexibility index (Phi) is 7.55. The van der Waals surface area contributed by atoms with E-state index in [0.29, 0.717) is 19.4 Å². The first-order valence-electron chi connectivity index (χ1n) is 5.10. The molecule has 0 aromatic heterocycles. The van der Waals surface area contributed by atoms with Crippen LogP contribution in [0, 0.1) is 0 Å². The molecule has 0 amide bonds. The molecule has 0 aliphatic rings. The van der Waals surface area contributed by atoms with Crippen LogP contribution in [0.25, 0.3) is 0 Å². The molecule has 0 aliphatic carbocycles. The van der Waals surface area contributed by atoms with E-state index in [-0.39, 0.29) is 0 Å². The average Bonchev–Trinajstić information content (AvgIpc) is 2.15. The molecule has 0 heterocycles. The molecule has 0 N–H and O–H groups in total. The number of hydrogen-bond donors (Lipinski definition) is 0. The monoisotopic (exact) mass is 206 g/mol. The van der Waals surface area contributed by atoms with Gasteiger partial charge in [-0.3, -0.25) is 0 Å². The molecule has 0 bridgehead atoms. The predicted octanol–water partition coefficient (Wildman–Crippen LogP) is 2.10. The minimum absolute atomic E-state index is 0.654. The molecular weight excluding hydrogens is 184 g/mol. The third-order valence-corrected chi connectivity index (χ3v) is 5.23. The van der Waals surface area contributed by atoms with Crippen molar-refractivity contribution in [3.63, 3.8) is 0 Å². The third-order valence-electron chi connectivity index (χ3n) is 1.88. The molecule has 0 aromatic rings. The summed E-state index contributed by atoms with van der Waals surface area (Å²) in [6.45, 7) is 10.3. The van der Waals surface area contributed by atoms with E-state index < -0.39 is 8.56 Å². The lowest BCUT2D eigenvalue weighted by Gasteiger charge is -2.28. The van der Waals surface area contributed by atoms with E-state index in [4.69, 9.17) is 13.6 Å². The van der Waals surface area contributed by atoms with Gasteiger partial charge in [-0.2, -0.15) is 0 Å². The van der Waals surface area contributed by atoms with E-state index in [1.54, 1.807) is 0 Å². The average molecular weight is 206 g/mol. The highest BCUT2D eigenvalue weighted by molar-refractivity contribution is 6.67. The molecule has 0 atom stereocenters. The van der Waals surface area contributed by atoms with Crippen molar-refractivity contribution in [2.24, 2.45) is 0 Å². The first-order chi connectivity index (χ1) is 6.24. The molecule has 0 aromatic carbocycles. The molecule has 0 fully saturated rings. The minimum atomic E-state index is -2.01. The summed E-state index contributed by atoms with van der Waals surface area (Å²) in [7, 11) is -2.01. The first kappa shape index (κ1) is 13.1. The Balaban J connectivity index is 4.07. The van der Waals surface area contributed by atoms with Gasteiger partial charge in [-0.1, -0.05) is 6.92 Å². The summed E-state index contributed by atoms with van der Waals surface area (Å²) in [6.07, 6.45) is 0.654. The second-order valence-corrected chi connectivity index (χ2v) is 6.16. The van der Waals surface area contributed by atoms with Crippen LogP contribution in [-0.2, 0) is 13.6 Å². The summed E-state index contributed by atoms with van der Waals surface area (Å²) in [5.41, 5.74) is 0. The fourth-order valence-electron chi connectivity index (χ4n) is 1.21. The molecule has 0 unspecified atom stereocenters. The van der Waals surface area contributed by atoms with Crippen LogP contribution in [0.3, 0.4) is 0 Å². The number of hydrogen-bond acceptors (Lipinski definition) is 3. The summed E-state index contributed by atoms with van der Waals surface area (Å²) >= 11 is 0. The van der Waals surface area contributed by atoms with Crippen LogP contribution >= 0.6 is 0 Å². The number of rotatable bonds is 8. The van der Waals surface area contributed by atoms with Crippen LogP contribution in [0.2, 0.25) is 6.04 Å². The van der Waals surface area contributed by atoms with E-state index in [2.05, 4.69) is 6.92 Å². The zero-order chi connectivity index (χ0) is 10.2. The summed E-state index contributed by atoms with van der Waals surface area (Å²) in [4.78, 5) is 0. The highest BCUT2D eigenvalue weighted by Crippen LogP contribution is 2.13. The van der Waals surface area contributed by atoms with Gasteiger partial charge in [0.2, 0.25) is 0 Å². The maximum Gasteiger partial charge on any atom is 0.364 e. The van der Waals surface area contributed by atoms with Crippen molar-refractivity contribution in [3.05, 3.63) is 0 Å². The van der Waals surface area contributed by atoms with Gasteiger partial charge in [0.25, 0.3) is 0 Å². The van der Waals surface area contributed by atoms with Gasteiger partial charge >= 0.3 is 8.56 Å². The van der Waals surface area contributed by atoms with Gasteiger partial charge in [0.1, 0.15) is 0 Å². The van der Waals surface area contributed by atoms with Crippen molar-refractivity contribution in [2.75, 3.05) is 26.1 Å². The quantitative estimate of drug-likeness (QED) is 0.569. The summed E-state index contributed by atoms with van der Waals surface area (Å²) in [5.74, 6) is 0. The second kappa shape index (κ2) is 7.50. The van der Waals surface area contributed by atoms with Crippen LogP contribution in [0.5, 0.6) is 0 Å². The smallest absolute Gasteiger partial charge is 0.364 e. The molecule has 0 radical (unpaired) electrons. The second-order valence-electron chi connectivity index (χ2n) is 2.77. The predicted molar refractivity (Wildman–Crippen MR) is 56.0 cm³/mol. The maximum atomic E-state index is 5.71. The van der Waals surface area contributed by atoms with Gasteiger partial charge in [-0.15, -0.1) is 0 Å². The van der Waals surface area contributed by atoms with E-state index in [0.717, 1.165) is 12.7 Å². The van der Waals surface area contributed by atoms with Gasteiger partial charge in [0.05, 0.1) is 6.23 Å². The summed E-state index contributed by atoms with van der Waals surface area (Å²) < 4.78 is 16.8.